The molecule has 0 radical (unpaired) electrons. The molecule has 2 amide bonds. The molecule has 3 nitrogen and oxygen atoms in total. The van der Waals surface area contributed by atoms with E-state index < -0.39 is 17.7 Å². The van der Waals surface area contributed by atoms with Crippen LogP contribution in [-0.2, 0) is 22.3 Å². The lowest BCUT2D eigenvalue weighted by Gasteiger charge is -2.15. The highest BCUT2D eigenvalue weighted by Gasteiger charge is 2.39. The van der Waals surface area contributed by atoms with Crippen molar-refractivity contribution in [3.63, 3.8) is 0 Å². The topological polar surface area (TPSA) is 37.4 Å². The number of nitrogens with zero attached hydrogens (tertiary/aromatic N) is 1. The molecule has 1 fully saturated rings. The minimum Gasteiger partial charge on any atom is -0.278 e. The fraction of sp³-hybridized carbons (Fsp3) is 0.222. The number of imide groups is 1. The van der Waals surface area contributed by atoms with E-state index in [1.54, 1.807) is 0 Å². The van der Waals surface area contributed by atoms with Crippen molar-refractivity contribution in [2.75, 3.05) is 0 Å². The number of amides is 2. The molecule has 0 spiro atoms. The van der Waals surface area contributed by atoms with Crippen molar-refractivity contribution >= 4 is 11.8 Å². The molecule has 1 aliphatic heterocycles. The third-order valence-corrected chi connectivity index (χ3v) is 4.07. The van der Waals surface area contributed by atoms with Gasteiger partial charge in [-0.1, -0.05) is 42.5 Å². The standard InChI is InChI=1S/C18H14F3NO2/c19-18(20,21)14-8-6-13(7-9-14)15-10-16(23)22(17(15)24)11-12-4-2-1-3-5-12/h1-9,15H,10-11H2/t15-/m1/s1. The first-order valence-electron chi connectivity index (χ1n) is 7.41. The van der Waals surface area contributed by atoms with Gasteiger partial charge in [-0.25, -0.2) is 0 Å². The van der Waals surface area contributed by atoms with E-state index in [-0.39, 0.29) is 24.8 Å². The summed E-state index contributed by atoms with van der Waals surface area (Å²) in [6, 6.07) is 13.5. The number of hydrogen-bond donors (Lipinski definition) is 0. The highest BCUT2D eigenvalue weighted by Crippen LogP contribution is 2.34. The van der Waals surface area contributed by atoms with Gasteiger partial charge in [0, 0.05) is 6.42 Å². The van der Waals surface area contributed by atoms with Gasteiger partial charge >= 0.3 is 6.18 Å². The van der Waals surface area contributed by atoms with E-state index in [9.17, 15) is 22.8 Å². The van der Waals surface area contributed by atoms with Gasteiger partial charge in [-0.2, -0.15) is 13.2 Å². The zero-order valence-corrected chi connectivity index (χ0v) is 12.6. The van der Waals surface area contributed by atoms with Gasteiger partial charge in [0.25, 0.3) is 0 Å². The van der Waals surface area contributed by atoms with Crippen LogP contribution < -0.4 is 0 Å². The van der Waals surface area contributed by atoms with Crippen LogP contribution in [0.25, 0.3) is 0 Å². The Balaban J connectivity index is 1.78. The molecule has 0 aromatic heterocycles. The number of likely N-dealkylation sites (tertiary alicyclic amines) is 1. The Kier molecular flexibility index (Phi) is 4.13. The fourth-order valence-corrected chi connectivity index (χ4v) is 2.78. The summed E-state index contributed by atoms with van der Waals surface area (Å²) in [6.07, 6.45) is -4.44. The molecule has 0 N–H and O–H groups in total. The molecule has 124 valence electrons. The van der Waals surface area contributed by atoms with Crippen molar-refractivity contribution in [1.29, 1.82) is 0 Å². The van der Waals surface area contributed by atoms with Gasteiger partial charge in [-0.15, -0.1) is 0 Å². The van der Waals surface area contributed by atoms with Crippen LogP contribution in [0.2, 0.25) is 0 Å². The molecule has 0 bridgehead atoms. The van der Waals surface area contributed by atoms with Crippen molar-refractivity contribution in [1.82, 2.24) is 4.90 Å². The molecule has 1 heterocycles. The molecular formula is C18H14F3NO2. The van der Waals surface area contributed by atoms with Crippen molar-refractivity contribution in [2.24, 2.45) is 0 Å². The molecule has 1 saturated heterocycles. The molecule has 0 unspecified atom stereocenters. The second-order valence-corrected chi connectivity index (χ2v) is 5.68. The first-order valence-corrected chi connectivity index (χ1v) is 7.41. The van der Waals surface area contributed by atoms with Gasteiger partial charge in [0.15, 0.2) is 0 Å². The van der Waals surface area contributed by atoms with Gasteiger partial charge < -0.3 is 0 Å². The Morgan fingerprint density at radius 2 is 1.58 bits per heavy atom. The van der Waals surface area contributed by atoms with E-state index in [1.165, 1.54) is 12.1 Å². The molecule has 2 aromatic rings. The van der Waals surface area contributed by atoms with Crippen molar-refractivity contribution in [3.05, 3.63) is 71.3 Å². The molecule has 0 aliphatic carbocycles. The highest BCUT2D eigenvalue weighted by atomic mass is 19.4. The summed E-state index contributed by atoms with van der Waals surface area (Å²) in [4.78, 5) is 25.8. The minimum absolute atomic E-state index is 0.0168. The predicted octanol–water partition coefficient (Wildman–Crippen LogP) is 3.75. The van der Waals surface area contributed by atoms with Crippen LogP contribution in [0.3, 0.4) is 0 Å². The summed E-state index contributed by atoms with van der Waals surface area (Å²) in [5.41, 5.74) is 0.480. The van der Waals surface area contributed by atoms with Crippen LogP contribution in [0.5, 0.6) is 0 Å². The maximum atomic E-state index is 12.6. The van der Waals surface area contributed by atoms with E-state index in [1.807, 2.05) is 30.3 Å². The third kappa shape index (κ3) is 3.18. The summed E-state index contributed by atoms with van der Waals surface area (Å²) in [6.45, 7) is 0.176. The molecule has 0 saturated carbocycles. The molecule has 3 rings (SSSR count). The van der Waals surface area contributed by atoms with Crippen molar-refractivity contribution in [3.8, 4) is 0 Å². The van der Waals surface area contributed by atoms with Crippen LogP contribution in [0.15, 0.2) is 54.6 Å². The number of carbonyl (C=O) groups is 2. The summed E-state index contributed by atoms with van der Waals surface area (Å²) < 4.78 is 37.8. The van der Waals surface area contributed by atoms with Gasteiger partial charge in [-0.3, -0.25) is 14.5 Å². The number of rotatable bonds is 3. The molecule has 2 aromatic carbocycles. The zero-order valence-electron chi connectivity index (χ0n) is 12.6. The summed E-state index contributed by atoms with van der Waals surface area (Å²) >= 11 is 0. The average molecular weight is 333 g/mol. The second-order valence-electron chi connectivity index (χ2n) is 5.68. The van der Waals surface area contributed by atoms with Gasteiger partial charge in [0.05, 0.1) is 18.0 Å². The van der Waals surface area contributed by atoms with E-state index >= 15 is 0 Å². The maximum absolute atomic E-state index is 12.6. The Bertz CT molecular complexity index is 754. The monoisotopic (exact) mass is 333 g/mol. The predicted molar refractivity (Wildman–Crippen MR) is 80.8 cm³/mol. The Hall–Kier alpha value is -2.63. The molecular weight excluding hydrogens is 319 g/mol. The first-order chi connectivity index (χ1) is 11.4. The molecule has 1 atom stereocenters. The number of hydrogen-bond acceptors (Lipinski definition) is 2. The number of halogens is 3. The lowest BCUT2D eigenvalue weighted by atomic mass is 9.96. The van der Waals surface area contributed by atoms with Crippen LogP contribution >= 0.6 is 0 Å². The largest absolute Gasteiger partial charge is 0.416 e. The van der Waals surface area contributed by atoms with E-state index in [0.29, 0.717) is 5.56 Å². The summed E-state index contributed by atoms with van der Waals surface area (Å²) in [5, 5.41) is 0. The first kappa shape index (κ1) is 16.2. The minimum atomic E-state index is -4.42. The van der Waals surface area contributed by atoms with E-state index in [4.69, 9.17) is 0 Å². The molecule has 6 heteroatoms. The maximum Gasteiger partial charge on any atom is 0.416 e. The summed E-state index contributed by atoms with van der Waals surface area (Å²) in [5.74, 6) is -1.40. The highest BCUT2D eigenvalue weighted by molar-refractivity contribution is 6.06. The molecule has 24 heavy (non-hydrogen) atoms. The van der Waals surface area contributed by atoms with Gasteiger partial charge in [0.2, 0.25) is 11.8 Å². The van der Waals surface area contributed by atoms with Crippen molar-refractivity contribution in [2.45, 2.75) is 25.1 Å². The quantitative estimate of drug-likeness (QED) is 0.802. The van der Waals surface area contributed by atoms with Crippen LogP contribution in [0, 0.1) is 0 Å². The van der Waals surface area contributed by atoms with Gasteiger partial charge in [-0.05, 0) is 23.3 Å². The SMILES string of the molecule is O=C1C[C@H](c2ccc(C(F)(F)F)cc2)C(=O)N1Cc1ccccc1. The Morgan fingerprint density at radius 3 is 2.17 bits per heavy atom. The normalized spacial score (nSPS) is 18.3. The van der Waals surface area contributed by atoms with E-state index in [2.05, 4.69) is 0 Å². The van der Waals surface area contributed by atoms with Crippen molar-refractivity contribution < 1.29 is 22.8 Å². The average Bonchev–Trinajstić information content (AvgIpc) is 2.83. The summed E-state index contributed by atoms with van der Waals surface area (Å²) in [7, 11) is 0. The lowest BCUT2D eigenvalue weighted by molar-refractivity contribution is -0.139. The number of benzene rings is 2. The smallest absolute Gasteiger partial charge is 0.278 e. The molecule has 1 aliphatic rings. The number of alkyl halides is 3. The van der Waals surface area contributed by atoms with E-state index in [0.717, 1.165) is 22.6 Å². The van der Waals surface area contributed by atoms with Crippen LogP contribution in [0.4, 0.5) is 13.2 Å². The fourth-order valence-electron chi connectivity index (χ4n) is 2.78. The Morgan fingerprint density at radius 1 is 0.958 bits per heavy atom. The number of carbonyl (C=O) groups excluding carboxylic acids is 2. The van der Waals surface area contributed by atoms with Crippen LogP contribution in [0.1, 0.15) is 29.0 Å². The third-order valence-electron chi connectivity index (χ3n) is 4.07. The second kappa shape index (κ2) is 6.11. The lowest BCUT2D eigenvalue weighted by Crippen LogP contribution is -2.29. The zero-order chi connectivity index (χ0) is 17.3. The van der Waals surface area contributed by atoms with Gasteiger partial charge in [0.1, 0.15) is 0 Å². The Labute approximate surface area is 136 Å². The van der Waals surface area contributed by atoms with Crippen LogP contribution in [-0.4, -0.2) is 16.7 Å².